The molecule has 2 aromatic carbocycles. The maximum Gasteiger partial charge on any atom is 0.247 e. The molecule has 0 atom stereocenters. The number of fused-ring (bicyclic) bond motifs is 1. The Bertz CT molecular complexity index is 1020. The molecule has 0 bridgehead atoms. The molecule has 0 amide bonds. The van der Waals surface area contributed by atoms with Crippen molar-refractivity contribution in [3.63, 3.8) is 0 Å². The third kappa shape index (κ3) is 2.97. The molecule has 2 heterocycles. The summed E-state index contributed by atoms with van der Waals surface area (Å²) in [5.41, 5.74) is 10.1. The van der Waals surface area contributed by atoms with Gasteiger partial charge in [-0.05, 0) is 54.6 Å². The number of nitrogens with zero attached hydrogens (tertiary/aromatic N) is 3. The van der Waals surface area contributed by atoms with Crippen LogP contribution in [0.2, 0.25) is 0 Å². The average Bonchev–Trinajstić information content (AvgIpc) is 3.04. The van der Waals surface area contributed by atoms with Crippen molar-refractivity contribution in [2.24, 2.45) is 0 Å². The molecule has 3 N–H and O–H groups in total. The Hall–Kier alpha value is -3.54. The van der Waals surface area contributed by atoms with E-state index in [4.69, 9.17) is 10.5 Å². The van der Waals surface area contributed by atoms with Gasteiger partial charge in [-0.1, -0.05) is 12.1 Å². The van der Waals surface area contributed by atoms with Gasteiger partial charge in [0.25, 0.3) is 0 Å². The number of rotatable bonds is 4. The number of hydrogen-bond acceptors (Lipinski definition) is 5. The van der Waals surface area contributed by atoms with Crippen molar-refractivity contribution in [1.29, 1.82) is 0 Å². The van der Waals surface area contributed by atoms with Crippen molar-refractivity contribution in [3.8, 4) is 17.0 Å². The number of aromatic nitrogens is 3. The first-order valence-corrected chi connectivity index (χ1v) is 7.86. The lowest BCUT2D eigenvalue weighted by Gasteiger charge is -2.05. The van der Waals surface area contributed by atoms with Crippen LogP contribution in [0.1, 0.15) is 0 Å². The lowest BCUT2D eigenvalue weighted by atomic mass is 10.1. The van der Waals surface area contributed by atoms with Crippen molar-refractivity contribution in [1.82, 2.24) is 14.6 Å². The second kappa shape index (κ2) is 6.16. The Labute approximate surface area is 144 Å². The lowest BCUT2D eigenvalue weighted by molar-refractivity contribution is 0.415. The van der Waals surface area contributed by atoms with Crippen LogP contribution in [-0.2, 0) is 0 Å². The number of hydrogen-bond donors (Lipinski definition) is 2. The molecule has 0 radical (unpaired) electrons. The monoisotopic (exact) mass is 331 g/mol. The number of nitrogens with one attached hydrogen (secondary N) is 1. The van der Waals surface area contributed by atoms with Gasteiger partial charge in [0.1, 0.15) is 5.75 Å². The van der Waals surface area contributed by atoms with E-state index in [0.717, 1.165) is 28.3 Å². The fourth-order valence-corrected chi connectivity index (χ4v) is 2.68. The molecule has 0 saturated heterocycles. The molecule has 0 aliphatic heterocycles. The number of methoxy groups -OCH3 is 1. The molecule has 0 spiro atoms. The summed E-state index contributed by atoms with van der Waals surface area (Å²) in [7, 11) is 1.65. The fraction of sp³-hybridized carbons (Fsp3) is 0.0526. The van der Waals surface area contributed by atoms with Crippen LogP contribution in [0.4, 0.5) is 17.3 Å². The molecule has 124 valence electrons. The second-order valence-corrected chi connectivity index (χ2v) is 5.60. The van der Waals surface area contributed by atoms with Crippen LogP contribution in [0, 0.1) is 0 Å². The van der Waals surface area contributed by atoms with Crippen molar-refractivity contribution >= 4 is 23.0 Å². The SMILES string of the molecule is COc1ccc(-c2cccc3nc(Nc4cccc(N)c4)nn23)cc1. The number of anilines is 3. The molecule has 6 nitrogen and oxygen atoms in total. The van der Waals surface area contributed by atoms with Gasteiger partial charge in [-0.15, -0.1) is 5.10 Å². The number of pyridine rings is 1. The van der Waals surface area contributed by atoms with Gasteiger partial charge in [0.2, 0.25) is 5.95 Å². The molecule has 4 aromatic rings. The lowest BCUT2D eigenvalue weighted by Crippen LogP contribution is -1.96. The number of benzene rings is 2. The summed E-state index contributed by atoms with van der Waals surface area (Å²) in [6, 6.07) is 21.2. The number of nitrogens with two attached hydrogens (primary N) is 1. The topological polar surface area (TPSA) is 77.5 Å². The summed E-state index contributed by atoms with van der Waals surface area (Å²) in [5, 5.41) is 7.77. The highest BCUT2D eigenvalue weighted by Crippen LogP contribution is 2.24. The Morgan fingerprint density at radius 3 is 2.56 bits per heavy atom. The molecule has 4 rings (SSSR count). The maximum atomic E-state index is 5.81. The molecule has 0 aliphatic carbocycles. The average molecular weight is 331 g/mol. The Morgan fingerprint density at radius 2 is 1.80 bits per heavy atom. The molecular weight excluding hydrogens is 314 g/mol. The second-order valence-electron chi connectivity index (χ2n) is 5.60. The highest BCUT2D eigenvalue weighted by molar-refractivity contribution is 5.66. The van der Waals surface area contributed by atoms with Crippen LogP contribution in [-0.4, -0.2) is 21.7 Å². The third-order valence-electron chi connectivity index (χ3n) is 3.89. The first-order chi connectivity index (χ1) is 12.2. The van der Waals surface area contributed by atoms with Crippen molar-refractivity contribution < 1.29 is 4.74 Å². The number of ether oxygens (including phenoxy) is 1. The van der Waals surface area contributed by atoms with Gasteiger partial charge in [-0.25, -0.2) is 4.52 Å². The Balaban J connectivity index is 1.73. The number of nitrogen functional groups attached to an aromatic ring is 1. The zero-order valence-electron chi connectivity index (χ0n) is 13.7. The van der Waals surface area contributed by atoms with Crippen LogP contribution < -0.4 is 15.8 Å². The van der Waals surface area contributed by atoms with Crippen LogP contribution >= 0.6 is 0 Å². The van der Waals surface area contributed by atoms with Gasteiger partial charge in [0.15, 0.2) is 5.65 Å². The smallest absolute Gasteiger partial charge is 0.247 e. The molecule has 0 unspecified atom stereocenters. The summed E-state index contributed by atoms with van der Waals surface area (Å²) in [4.78, 5) is 4.53. The van der Waals surface area contributed by atoms with Crippen LogP contribution in [0.25, 0.3) is 16.9 Å². The van der Waals surface area contributed by atoms with Crippen LogP contribution in [0.15, 0.2) is 66.7 Å². The normalized spacial score (nSPS) is 10.8. The van der Waals surface area contributed by atoms with Gasteiger partial charge in [-0.3, -0.25) is 0 Å². The van der Waals surface area contributed by atoms with E-state index in [1.165, 1.54) is 0 Å². The van der Waals surface area contributed by atoms with E-state index in [2.05, 4.69) is 15.4 Å². The standard InChI is InChI=1S/C19H17N5O/c1-25-16-10-8-13(9-11-16)17-6-3-7-18-22-19(23-24(17)18)21-15-5-2-4-14(20)12-15/h2-12H,20H2,1H3,(H,21,23). The van der Waals surface area contributed by atoms with E-state index >= 15 is 0 Å². The van der Waals surface area contributed by atoms with Gasteiger partial charge < -0.3 is 15.8 Å². The van der Waals surface area contributed by atoms with E-state index in [1.54, 1.807) is 7.11 Å². The molecule has 0 fully saturated rings. The maximum absolute atomic E-state index is 5.81. The zero-order valence-corrected chi connectivity index (χ0v) is 13.7. The van der Waals surface area contributed by atoms with Crippen LogP contribution in [0.3, 0.4) is 0 Å². The van der Waals surface area contributed by atoms with Crippen LogP contribution in [0.5, 0.6) is 5.75 Å². The summed E-state index contributed by atoms with van der Waals surface area (Å²) < 4.78 is 7.03. The van der Waals surface area contributed by atoms with Gasteiger partial charge in [-0.2, -0.15) is 4.98 Å². The van der Waals surface area contributed by atoms with Crippen molar-refractivity contribution in [3.05, 3.63) is 66.7 Å². The zero-order chi connectivity index (χ0) is 17.2. The minimum atomic E-state index is 0.520. The first-order valence-electron chi connectivity index (χ1n) is 7.86. The van der Waals surface area contributed by atoms with Gasteiger partial charge in [0.05, 0.1) is 12.8 Å². The van der Waals surface area contributed by atoms with E-state index in [-0.39, 0.29) is 0 Å². The minimum Gasteiger partial charge on any atom is -0.497 e. The highest BCUT2D eigenvalue weighted by Gasteiger charge is 2.09. The van der Waals surface area contributed by atoms with E-state index in [0.29, 0.717) is 11.6 Å². The Morgan fingerprint density at radius 1 is 1.00 bits per heavy atom. The van der Waals surface area contributed by atoms with E-state index < -0.39 is 0 Å². The molecule has 0 aliphatic rings. The molecule has 2 aromatic heterocycles. The molecular formula is C19H17N5O. The molecule has 6 heteroatoms. The van der Waals surface area contributed by atoms with Crippen molar-refractivity contribution in [2.45, 2.75) is 0 Å². The summed E-state index contributed by atoms with van der Waals surface area (Å²) >= 11 is 0. The third-order valence-corrected chi connectivity index (χ3v) is 3.89. The summed E-state index contributed by atoms with van der Waals surface area (Å²) in [6.07, 6.45) is 0. The predicted octanol–water partition coefficient (Wildman–Crippen LogP) is 3.73. The largest absolute Gasteiger partial charge is 0.497 e. The summed E-state index contributed by atoms with van der Waals surface area (Å²) in [5.74, 6) is 1.34. The minimum absolute atomic E-state index is 0.520. The van der Waals surface area contributed by atoms with Gasteiger partial charge in [0, 0.05) is 16.9 Å². The molecule has 0 saturated carbocycles. The Kier molecular flexibility index (Phi) is 3.70. The van der Waals surface area contributed by atoms with Gasteiger partial charge >= 0.3 is 0 Å². The highest BCUT2D eigenvalue weighted by atomic mass is 16.5. The fourth-order valence-electron chi connectivity index (χ4n) is 2.68. The van der Waals surface area contributed by atoms with E-state index in [9.17, 15) is 0 Å². The molecule has 25 heavy (non-hydrogen) atoms. The predicted molar refractivity (Wildman–Crippen MR) is 99.1 cm³/mol. The van der Waals surface area contributed by atoms with E-state index in [1.807, 2.05) is 71.2 Å². The first kappa shape index (κ1) is 15.0. The quantitative estimate of drug-likeness (QED) is 0.557. The van der Waals surface area contributed by atoms with Crippen molar-refractivity contribution in [2.75, 3.05) is 18.2 Å². The summed E-state index contributed by atoms with van der Waals surface area (Å²) in [6.45, 7) is 0.